The van der Waals surface area contributed by atoms with E-state index < -0.39 is 0 Å². The summed E-state index contributed by atoms with van der Waals surface area (Å²) in [5.41, 5.74) is 3.17. The fourth-order valence-electron chi connectivity index (χ4n) is 3.09. The molecule has 1 aliphatic heterocycles. The molecular formula is C14H19N. The van der Waals surface area contributed by atoms with E-state index >= 15 is 0 Å². The van der Waals surface area contributed by atoms with Gasteiger partial charge in [0.05, 0.1) is 0 Å². The third kappa shape index (κ3) is 1.69. The molecule has 1 heterocycles. The molecule has 0 N–H and O–H groups in total. The maximum absolute atomic E-state index is 2.70. The van der Waals surface area contributed by atoms with Gasteiger partial charge in [-0.25, -0.2) is 0 Å². The molecule has 2 aliphatic rings. The van der Waals surface area contributed by atoms with Crippen molar-refractivity contribution < 1.29 is 0 Å². The highest BCUT2D eigenvalue weighted by atomic mass is 15.2. The minimum atomic E-state index is 0.798. The molecule has 1 nitrogen and oxygen atoms in total. The molecule has 1 saturated heterocycles. The van der Waals surface area contributed by atoms with Gasteiger partial charge in [-0.05, 0) is 42.9 Å². The second-order valence-electron chi connectivity index (χ2n) is 5.22. The number of hydrogen-bond donors (Lipinski definition) is 0. The molecule has 1 atom stereocenters. The molecule has 1 aromatic carbocycles. The highest BCUT2D eigenvalue weighted by molar-refractivity contribution is 5.33. The van der Waals surface area contributed by atoms with Crippen molar-refractivity contribution in [2.45, 2.75) is 32.2 Å². The first-order valence-electron chi connectivity index (χ1n) is 6.14. The SMILES string of the molecule is CC1CCN(C2Cc3ccccc3C2)C1. The maximum atomic E-state index is 2.70. The number of benzene rings is 1. The van der Waals surface area contributed by atoms with Gasteiger partial charge in [-0.2, -0.15) is 0 Å². The first kappa shape index (κ1) is 9.41. The average molecular weight is 201 g/mol. The van der Waals surface area contributed by atoms with Crippen molar-refractivity contribution in [3.8, 4) is 0 Å². The van der Waals surface area contributed by atoms with Crippen molar-refractivity contribution >= 4 is 0 Å². The Hall–Kier alpha value is -0.820. The normalized spacial score (nSPS) is 27.1. The number of rotatable bonds is 1. The van der Waals surface area contributed by atoms with E-state index in [4.69, 9.17) is 0 Å². The van der Waals surface area contributed by atoms with Gasteiger partial charge in [0, 0.05) is 12.6 Å². The van der Waals surface area contributed by atoms with Crippen LogP contribution >= 0.6 is 0 Å². The summed E-state index contributed by atoms with van der Waals surface area (Å²) in [7, 11) is 0. The van der Waals surface area contributed by atoms with E-state index in [2.05, 4.69) is 36.1 Å². The summed E-state index contributed by atoms with van der Waals surface area (Å²) in [4.78, 5) is 2.70. The summed E-state index contributed by atoms with van der Waals surface area (Å²) in [6.07, 6.45) is 3.96. The zero-order valence-corrected chi connectivity index (χ0v) is 9.45. The molecule has 0 spiro atoms. The largest absolute Gasteiger partial charge is 0.299 e. The van der Waals surface area contributed by atoms with Gasteiger partial charge in [0.15, 0.2) is 0 Å². The van der Waals surface area contributed by atoms with E-state index in [0.717, 1.165) is 12.0 Å². The van der Waals surface area contributed by atoms with Gasteiger partial charge in [-0.3, -0.25) is 4.90 Å². The maximum Gasteiger partial charge on any atom is 0.0176 e. The van der Waals surface area contributed by atoms with E-state index in [-0.39, 0.29) is 0 Å². The van der Waals surface area contributed by atoms with Crippen LogP contribution in [0.4, 0.5) is 0 Å². The third-order valence-electron chi connectivity index (χ3n) is 4.00. The van der Waals surface area contributed by atoms with Crippen LogP contribution in [0.25, 0.3) is 0 Å². The predicted octanol–water partition coefficient (Wildman–Crippen LogP) is 2.50. The first-order chi connectivity index (χ1) is 7.33. The molecule has 80 valence electrons. The Morgan fingerprint density at radius 3 is 2.33 bits per heavy atom. The lowest BCUT2D eigenvalue weighted by Gasteiger charge is -2.23. The van der Waals surface area contributed by atoms with Crippen LogP contribution in [0.2, 0.25) is 0 Å². The van der Waals surface area contributed by atoms with E-state index in [9.17, 15) is 0 Å². The molecule has 1 aromatic rings. The number of likely N-dealkylation sites (tertiary alicyclic amines) is 1. The van der Waals surface area contributed by atoms with Gasteiger partial charge in [0.25, 0.3) is 0 Å². The molecule has 1 fully saturated rings. The Morgan fingerprint density at radius 1 is 1.13 bits per heavy atom. The van der Waals surface area contributed by atoms with Gasteiger partial charge < -0.3 is 0 Å². The highest BCUT2D eigenvalue weighted by Crippen LogP contribution is 2.28. The molecule has 0 amide bonds. The van der Waals surface area contributed by atoms with Crippen molar-refractivity contribution in [3.05, 3.63) is 35.4 Å². The molecule has 15 heavy (non-hydrogen) atoms. The molecule has 1 heteroatoms. The molecule has 3 rings (SSSR count). The number of nitrogens with zero attached hydrogens (tertiary/aromatic N) is 1. The number of fused-ring (bicyclic) bond motifs is 1. The lowest BCUT2D eigenvalue weighted by atomic mass is 10.1. The minimum absolute atomic E-state index is 0.798. The fraction of sp³-hybridized carbons (Fsp3) is 0.571. The van der Waals surface area contributed by atoms with E-state index in [1.807, 2.05) is 0 Å². The summed E-state index contributed by atoms with van der Waals surface area (Å²) in [5.74, 6) is 0.911. The molecule has 0 radical (unpaired) electrons. The smallest absolute Gasteiger partial charge is 0.0176 e. The average Bonchev–Trinajstić information content (AvgIpc) is 2.82. The summed E-state index contributed by atoms with van der Waals surface area (Å²) in [5, 5.41) is 0. The van der Waals surface area contributed by atoms with Crippen LogP contribution in [0.15, 0.2) is 24.3 Å². The first-order valence-corrected chi connectivity index (χ1v) is 6.14. The molecule has 0 bridgehead atoms. The summed E-state index contributed by atoms with van der Waals surface area (Å²) >= 11 is 0. The molecule has 1 aliphatic carbocycles. The summed E-state index contributed by atoms with van der Waals surface area (Å²) in [6.45, 7) is 5.01. The summed E-state index contributed by atoms with van der Waals surface area (Å²) < 4.78 is 0. The van der Waals surface area contributed by atoms with Gasteiger partial charge in [0.2, 0.25) is 0 Å². The van der Waals surface area contributed by atoms with Crippen LogP contribution in [0.5, 0.6) is 0 Å². The molecular weight excluding hydrogens is 182 g/mol. The van der Waals surface area contributed by atoms with E-state index in [1.165, 1.54) is 32.4 Å². The zero-order valence-electron chi connectivity index (χ0n) is 9.45. The molecule has 1 unspecified atom stereocenters. The predicted molar refractivity (Wildman–Crippen MR) is 63.0 cm³/mol. The van der Waals surface area contributed by atoms with Crippen molar-refractivity contribution in [2.24, 2.45) is 5.92 Å². The minimum Gasteiger partial charge on any atom is -0.299 e. The third-order valence-corrected chi connectivity index (χ3v) is 4.00. The zero-order chi connectivity index (χ0) is 10.3. The van der Waals surface area contributed by atoms with E-state index in [0.29, 0.717) is 0 Å². The van der Waals surface area contributed by atoms with Crippen molar-refractivity contribution in [2.75, 3.05) is 13.1 Å². The Bertz CT molecular complexity index is 333. The van der Waals surface area contributed by atoms with Crippen LogP contribution in [0.1, 0.15) is 24.5 Å². The van der Waals surface area contributed by atoms with Crippen LogP contribution in [-0.2, 0) is 12.8 Å². The van der Waals surface area contributed by atoms with Crippen molar-refractivity contribution in [1.82, 2.24) is 4.90 Å². The van der Waals surface area contributed by atoms with Crippen LogP contribution in [-0.4, -0.2) is 24.0 Å². The standard InChI is InChI=1S/C14H19N/c1-11-6-7-15(10-11)14-8-12-4-2-3-5-13(12)9-14/h2-5,11,14H,6-10H2,1H3. The van der Waals surface area contributed by atoms with Gasteiger partial charge >= 0.3 is 0 Å². The van der Waals surface area contributed by atoms with Crippen molar-refractivity contribution in [3.63, 3.8) is 0 Å². The molecule has 0 saturated carbocycles. The Kier molecular flexibility index (Phi) is 2.28. The van der Waals surface area contributed by atoms with Crippen LogP contribution in [0.3, 0.4) is 0 Å². The number of hydrogen-bond acceptors (Lipinski definition) is 1. The lowest BCUT2D eigenvalue weighted by molar-refractivity contribution is 0.243. The summed E-state index contributed by atoms with van der Waals surface area (Å²) in [6, 6.07) is 9.75. The fourth-order valence-corrected chi connectivity index (χ4v) is 3.09. The quantitative estimate of drug-likeness (QED) is 0.675. The van der Waals surface area contributed by atoms with Crippen molar-refractivity contribution in [1.29, 1.82) is 0 Å². The highest BCUT2D eigenvalue weighted by Gasteiger charge is 2.30. The van der Waals surface area contributed by atoms with E-state index in [1.54, 1.807) is 11.1 Å². The second-order valence-corrected chi connectivity index (χ2v) is 5.22. The lowest BCUT2D eigenvalue weighted by Crippen LogP contribution is -2.33. The second kappa shape index (κ2) is 3.64. The van der Waals surface area contributed by atoms with Gasteiger partial charge in [-0.15, -0.1) is 0 Å². The van der Waals surface area contributed by atoms with Gasteiger partial charge in [0.1, 0.15) is 0 Å². The Balaban J connectivity index is 1.73. The van der Waals surface area contributed by atoms with Crippen LogP contribution in [0, 0.1) is 5.92 Å². The Morgan fingerprint density at radius 2 is 1.80 bits per heavy atom. The monoisotopic (exact) mass is 201 g/mol. The van der Waals surface area contributed by atoms with Crippen LogP contribution < -0.4 is 0 Å². The Labute approximate surface area is 92.1 Å². The topological polar surface area (TPSA) is 3.24 Å². The molecule has 0 aromatic heterocycles. The van der Waals surface area contributed by atoms with Gasteiger partial charge in [-0.1, -0.05) is 31.2 Å².